The molecule has 0 atom stereocenters. The second kappa shape index (κ2) is 4.99. The molecular weight excluding hydrogens is 268 g/mol. The molecule has 2 rings (SSSR count). The lowest BCUT2D eigenvalue weighted by Gasteiger charge is -2.32. The van der Waals surface area contributed by atoms with Crippen LogP contribution in [0.5, 0.6) is 0 Å². The second-order valence-electron chi connectivity index (χ2n) is 4.30. The zero-order valence-electron chi connectivity index (χ0n) is 9.49. The summed E-state index contributed by atoms with van der Waals surface area (Å²) in [5.41, 5.74) is 5.63. The number of nitrogen functional groups attached to an aromatic ring is 1. The molecule has 5 heteroatoms. The van der Waals surface area contributed by atoms with E-state index >= 15 is 0 Å². The third kappa shape index (κ3) is 2.45. The smallest absolute Gasteiger partial charge is 0.222 e. The van der Waals surface area contributed by atoms with Gasteiger partial charge in [0.25, 0.3) is 0 Å². The maximum atomic E-state index is 5.63. The van der Waals surface area contributed by atoms with Crippen LogP contribution in [0, 0.1) is 0 Å². The number of nitrogens with zero attached hydrogens (tertiary/aromatic N) is 3. The van der Waals surface area contributed by atoms with Crippen LogP contribution in [0.25, 0.3) is 0 Å². The summed E-state index contributed by atoms with van der Waals surface area (Å²) in [5, 5.41) is 0. The van der Waals surface area contributed by atoms with E-state index in [4.69, 9.17) is 5.73 Å². The quantitative estimate of drug-likeness (QED) is 0.907. The summed E-state index contributed by atoms with van der Waals surface area (Å²) in [6.07, 6.45) is 8.19. The standard InChI is InChI=1S/C11H17BrN4/c1-16(8-5-3-2-4-6-8)10-9(12)7-14-11(13)15-10/h7-8H,2-6H2,1H3,(H2,13,14,15). The number of hydrogen-bond acceptors (Lipinski definition) is 4. The van der Waals surface area contributed by atoms with E-state index in [2.05, 4.69) is 37.8 Å². The largest absolute Gasteiger partial charge is 0.368 e. The number of rotatable bonds is 2. The van der Waals surface area contributed by atoms with E-state index < -0.39 is 0 Å². The first-order valence-electron chi connectivity index (χ1n) is 5.69. The van der Waals surface area contributed by atoms with Crippen molar-refractivity contribution in [3.05, 3.63) is 10.7 Å². The molecule has 88 valence electrons. The molecule has 1 fully saturated rings. The highest BCUT2D eigenvalue weighted by Gasteiger charge is 2.21. The fraction of sp³-hybridized carbons (Fsp3) is 0.636. The fourth-order valence-corrected chi connectivity index (χ4v) is 2.73. The average molecular weight is 285 g/mol. The van der Waals surface area contributed by atoms with Crippen LogP contribution < -0.4 is 10.6 Å². The van der Waals surface area contributed by atoms with Gasteiger partial charge in [-0.1, -0.05) is 19.3 Å². The van der Waals surface area contributed by atoms with Gasteiger partial charge in [0.15, 0.2) is 0 Å². The zero-order valence-corrected chi connectivity index (χ0v) is 11.1. The van der Waals surface area contributed by atoms with Crippen molar-refractivity contribution in [1.82, 2.24) is 9.97 Å². The third-order valence-electron chi connectivity index (χ3n) is 3.20. The summed E-state index contributed by atoms with van der Waals surface area (Å²) < 4.78 is 0.912. The van der Waals surface area contributed by atoms with Gasteiger partial charge in [-0.25, -0.2) is 4.98 Å². The first kappa shape index (κ1) is 11.6. The molecule has 0 radical (unpaired) electrons. The van der Waals surface area contributed by atoms with E-state index in [0.717, 1.165) is 10.3 Å². The van der Waals surface area contributed by atoms with Crippen molar-refractivity contribution in [1.29, 1.82) is 0 Å². The van der Waals surface area contributed by atoms with Gasteiger partial charge in [0.1, 0.15) is 5.82 Å². The minimum atomic E-state index is 0.334. The van der Waals surface area contributed by atoms with Crippen molar-refractivity contribution in [3.63, 3.8) is 0 Å². The normalized spacial score (nSPS) is 17.4. The Kier molecular flexibility index (Phi) is 3.63. The molecule has 16 heavy (non-hydrogen) atoms. The maximum Gasteiger partial charge on any atom is 0.222 e. The highest BCUT2D eigenvalue weighted by molar-refractivity contribution is 9.10. The van der Waals surface area contributed by atoms with Crippen LogP contribution in [0.2, 0.25) is 0 Å². The van der Waals surface area contributed by atoms with E-state index in [9.17, 15) is 0 Å². The fourth-order valence-electron chi connectivity index (χ4n) is 2.26. The molecule has 0 aromatic carbocycles. The average Bonchev–Trinajstić information content (AvgIpc) is 2.32. The van der Waals surface area contributed by atoms with Gasteiger partial charge in [-0.3, -0.25) is 0 Å². The van der Waals surface area contributed by atoms with Crippen LogP contribution in [0.15, 0.2) is 10.7 Å². The molecule has 1 heterocycles. The number of aromatic nitrogens is 2. The molecule has 0 unspecified atom stereocenters. The Morgan fingerprint density at radius 2 is 2.06 bits per heavy atom. The summed E-state index contributed by atoms with van der Waals surface area (Å²) in [4.78, 5) is 10.5. The highest BCUT2D eigenvalue weighted by atomic mass is 79.9. The molecule has 0 saturated heterocycles. The number of nitrogens with two attached hydrogens (primary N) is 1. The molecule has 0 amide bonds. The lowest BCUT2D eigenvalue weighted by atomic mass is 9.94. The third-order valence-corrected chi connectivity index (χ3v) is 3.76. The van der Waals surface area contributed by atoms with E-state index in [1.165, 1.54) is 32.1 Å². The minimum Gasteiger partial charge on any atom is -0.368 e. The lowest BCUT2D eigenvalue weighted by Crippen LogP contribution is -2.34. The maximum absolute atomic E-state index is 5.63. The topological polar surface area (TPSA) is 55.0 Å². The van der Waals surface area contributed by atoms with Crippen molar-refractivity contribution >= 4 is 27.7 Å². The number of hydrogen-bond donors (Lipinski definition) is 1. The molecule has 4 nitrogen and oxygen atoms in total. The summed E-state index contributed by atoms with van der Waals surface area (Å²) >= 11 is 3.48. The van der Waals surface area contributed by atoms with Crippen LogP contribution in [-0.4, -0.2) is 23.1 Å². The van der Waals surface area contributed by atoms with Crippen molar-refractivity contribution < 1.29 is 0 Å². The van der Waals surface area contributed by atoms with Gasteiger partial charge in [-0.2, -0.15) is 4.98 Å². The Bertz CT molecular complexity index is 363. The SMILES string of the molecule is CN(c1nc(N)ncc1Br)C1CCCCC1. The van der Waals surface area contributed by atoms with Crippen molar-refractivity contribution in [2.45, 2.75) is 38.1 Å². The number of halogens is 1. The van der Waals surface area contributed by atoms with Crippen LogP contribution in [0.1, 0.15) is 32.1 Å². The monoisotopic (exact) mass is 284 g/mol. The molecule has 1 aliphatic rings. The minimum absolute atomic E-state index is 0.334. The number of anilines is 2. The zero-order chi connectivity index (χ0) is 11.5. The van der Waals surface area contributed by atoms with Crippen molar-refractivity contribution in [3.8, 4) is 0 Å². The predicted molar refractivity (Wildman–Crippen MR) is 69.4 cm³/mol. The molecule has 0 bridgehead atoms. The van der Waals surface area contributed by atoms with Gasteiger partial charge >= 0.3 is 0 Å². The molecule has 2 N–H and O–H groups in total. The van der Waals surface area contributed by atoms with E-state index in [1.54, 1.807) is 6.20 Å². The predicted octanol–water partition coefficient (Wildman–Crippen LogP) is 2.59. The van der Waals surface area contributed by atoms with E-state index in [1.807, 2.05) is 0 Å². The summed E-state index contributed by atoms with van der Waals surface area (Å²) in [6, 6.07) is 0.583. The van der Waals surface area contributed by atoms with Crippen molar-refractivity contribution in [2.24, 2.45) is 0 Å². The van der Waals surface area contributed by atoms with E-state index in [-0.39, 0.29) is 0 Å². The Balaban J connectivity index is 2.18. The first-order valence-corrected chi connectivity index (χ1v) is 6.48. The van der Waals surface area contributed by atoms with Gasteiger partial charge < -0.3 is 10.6 Å². The van der Waals surface area contributed by atoms with Gasteiger partial charge in [0, 0.05) is 19.3 Å². The lowest BCUT2D eigenvalue weighted by molar-refractivity contribution is 0.425. The summed E-state index contributed by atoms with van der Waals surface area (Å²) in [5.74, 6) is 1.24. The van der Waals surface area contributed by atoms with Gasteiger partial charge in [-0.15, -0.1) is 0 Å². The van der Waals surface area contributed by atoms with Gasteiger partial charge in [-0.05, 0) is 28.8 Å². The van der Waals surface area contributed by atoms with Crippen LogP contribution >= 0.6 is 15.9 Å². The van der Waals surface area contributed by atoms with E-state index in [0.29, 0.717) is 12.0 Å². The molecule has 0 spiro atoms. The molecule has 1 aromatic rings. The Labute approximate surface area is 104 Å². The van der Waals surface area contributed by atoms with Crippen LogP contribution in [0.4, 0.5) is 11.8 Å². The van der Waals surface area contributed by atoms with Crippen molar-refractivity contribution in [2.75, 3.05) is 17.7 Å². The first-order chi connectivity index (χ1) is 7.68. The molecule has 1 saturated carbocycles. The Hall–Kier alpha value is -0.840. The molecular formula is C11H17BrN4. The molecule has 1 aliphatic carbocycles. The Morgan fingerprint density at radius 3 is 2.75 bits per heavy atom. The van der Waals surface area contributed by atoms with Gasteiger partial charge in [0.05, 0.1) is 4.47 Å². The molecule has 0 aliphatic heterocycles. The van der Waals surface area contributed by atoms with Gasteiger partial charge in [0.2, 0.25) is 5.95 Å². The summed E-state index contributed by atoms with van der Waals surface area (Å²) in [6.45, 7) is 0. The Morgan fingerprint density at radius 1 is 1.38 bits per heavy atom. The van der Waals surface area contributed by atoms with Crippen LogP contribution in [0.3, 0.4) is 0 Å². The molecule has 1 aromatic heterocycles. The second-order valence-corrected chi connectivity index (χ2v) is 5.16. The summed E-state index contributed by atoms with van der Waals surface area (Å²) in [7, 11) is 2.09. The van der Waals surface area contributed by atoms with Crippen LogP contribution in [-0.2, 0) is 0 Å². The highest BCUT2D eigenvalue weighted by Crippen LogP contribution is 2.29.